The van der Waals surface area contributed by atoms with Gasteiger partial charge in [0.15, 0.2) is 0 Å². The summed E-state index contributed by atoms with van der Waals surface area (Å²) < 4.78 is 1.15. The first-order valence-corrected chi connectivity index (χ1v) is 10.0. The molecular weight excluding hydrogens is 360 g/mol. The summed E-state index contributed by atoms with van der Waals surface area (Å²) in [7, 11) is 0. The van der Waals surface area contributed by atoms with Crippen molar-refractivity contribution in [2.45, 2.75) is 88.0 Å². The van der Waals surface area contributed by atoms with Crippen molar-refractivity contribution in [1.29, 1.82) is 0 Å². The average molecular weight is 401 g/mol. The molecule has 1 nitrogen and oxygen atoms in total. The van der Waals surface area contributed by atoms with Crippen molar-refractivity contribution >= 4 is 21.7 Å². The van der Waals surface area contributed by atoms with Crippen LogP contribution in [0, 0.1) is 18.8 Å². The largest absolute Gasteiger partial charge is 0.300 e. The Hall–Kier alpha value is -0.630. The highest BCUT2D eigenvalue weighted by Gasteiger charge is 1.95. The zero-order valence-corrected chi connectivity index (χ0v) is 19.2. The van der Waals surface area contributed by atoms with E-state index in [1.807, 2.05) is 12.1 Å². The van der Waals surface area contributed by atoms with Crippen LogP contribution in [-0.4, -0.2) is 5.78 Å². The number of halogens is 1. The summed E-state index contributed by atoms with van der Waals surface area (Å²) in [5.74, 6) is 1.96. The number of hydrogen-bond acceptors (Lipinski definition) is 1. The second-order valence-corrected chi connectivity index (χ2v) is 8.04. The quantitative estimate of drug-likeness (QED) is 0.496. The molecule has 1 aromatic rings. The summed E-state index contributed by atoms with van der Waals surface area (Å²) in [6.07, 6.45) is 5.52. The third kappa shape index (κ3) is 37.5. The van der Waals surface area contributed by atoms with Gasteiger partial charge in [-0.05, 0) is 44.7 Å². The lowest BCUT2D eigenvalue weighted by atomic mass is 10.0. The van der Waals surface area contributed by atoms with Crippen LogP contribution >= 0.6 is 15.9 Å². The summed E-state index contributed by atoms with van der Waals surface area (Å²) in [4.78, 5) is 9.44. The second kappa shape index (κ2) is 20.4. The zero-order chi connectivity index (χ0) is 19.5. The molecule has 0 heterocycles. The van der Waals surface area contributed by atoms with Gasteiger partial charge >= 0.3 is 0 Å². The van der Waals surface area contributed by atoms with E-state index in [1.54, 1.807) is 0 Å². The number of hydrogen-bond donors (Lipinski definition) is 0. The predicted molar refractivity (Wildman–Crippen MR) is 115 cm³/mol. The van der Waals surface area contributed by atoms with Crippen LogP contribution in [0.25, 0.3) is 0 Å². The number of Topliss-reactive ketones (excluding diaryl/α,β-unsaturated/α-hetero) is 1. The molecule has 0 spiro atoms. The summed E-state index contributed by atoms with van der Waals surface area (Å²) in [6.45, 7) is 18.5. The molecule has 0 fully saturated rings. The molecule has 0 atom stereocenters. The van der Waals surface area contributed by atoms with Crippen LogP contribution in [0.3, 0.4) is 0 Å². The minimum absolute atomic E-state index is 0.167. The van der Waals surface area contributed by atoms with E-state index in [4.69, 9.17) is 0 Å². The Bertz CT molecular complexity index is 355. The first-order chi connectivity index (χ1) is 11.1. The van der Waals surface area contributed by atoms with Crippen molar-refractivity contribution in [2.75, 3.05) is 0 Å². The summed E-state index contributed by atoms with van der Waals surface area (Å²) >= 11 is 3.36. The molecule has 2 heteroatoms. The smallest absolute Gasteiger partial charge is 0.126 e. The second-order valence-electron chi connectivity index (χ2n) is 7.12. The standard InChI is InChI=1S/C8H18.C7H7Br.C4H10.C3H6O/c1-4-6-8(3)7-5-2;1-6-3-2-4-7(8)5-6;1-4(2)3;1-3(2)4/h8H,4-7H2,1-3H3;2-5H,1H3;4H,1-3H3;1-2H3. The number of ketones is 1. The van der Waals surface area contributed by atoms with Gasteiger partial charge in [-0.2, -0.15) is 0 Å². The Morgan fingerprint density at radius 2 is 1.38 bits per heavy atom. The van der Waals surface area contributed by atoms with Gasteiger partial charge in [-0.25, -0.2) is 0 Å². The van der Waals surface area contributed by atoms with Crippen molar-refractivity contribution in [3.05, 3.63) is 34.3 Å². The van der Waals surface area contributed by atoms with Crippen molar-refractivity contribution in [3.63, 3.8) is 0 Å². The molecule has 0 N–H and O–H groups in total. The Labute approximate surface area is 160 Å². The van der Waals surface area contributed by atoms with Crippen LogP contribution in [0.4, 0.5) is 0 Å². The molecule has 1 rings (SSSR count). The van der Waals surface area contributed by atoms with E-state index in [2.05, 4.69) is 76.5 Å². The molecule has 0 aliphatic rings. The third-order valence-electron chi connectivity index (χ3n) is 2.54. The first kappa shape index (κ1) is 28.2. The highest BCUT2D eigenvalue weighted by Crippen LogP contribution is 2.11. The normalized spacial score (nSPS) is 9.17. The summed E-state index contributed by atoms with van der Waals surface area (Å²) in [6, 6.07) is 8.21. The fourth-order valence-corrected chi connectivity index (χ4v) is 2.25. The zero-order valence-electron chi connectivity index (χ0n) is 17.6. The topological polar surface area (TPSA) is 17.1 Å². The van der Waals surface area contributed by atoms with Gasteiger partial charge in [-0.1, -0.05) is 101 Å². The Morgan fingerprint density at radius 1 is 1.00 bits per heavy atom. The maximum atomic E-state index is 9.44. The average Bonchev–Trinajstić information content (AvgIpc) is 2.38. The van der Waals surface area contributed by atoms with Crippen molar-refractivity contribution < 1.29 is 4.79 Å². The maximum absolute atomic E-state index is 9.44. The van der Waals surface area contributed by atoms with E-state index in [1.165, 1.54) is 45.1 Å². The van der Waals surface area contributed by atoms with Crippen LogP contribution in [0.2, 0.25) is 0 Å². The van der Waals surface area contributed by atoms with Gasteiger partial charge in [0.1, 0.15) is 5.78 Å². The fourth-order valence-electron chi connectivity index (χ4n) is 1.74. The number of carbonyl (C=O) groups is 1. The van der Waals surface area contributed by atoms with E-state index in [9.17, 15) is 4.79 Å². The molecule has 0 bridgehead atoms. The Morgan fingerprint density at radius 3 is 1.58 bits per heavy atom. The monoisotopic (exact) mass is 400 g/mol. The van der Waals surface area contributed by atoms with E-state index in [0.29, 0.717) is 0 Å². The molecular formula is C22H41BrO. The van der Waals surface area contributed by atoms with Gasteiger partial charge < -0.3 is 4.79 Å². The molecule has 0 unspecified atom stereocenters. The lowest BCUT2D eigenvalue weighted by Crippen LogP contribution is -1.91. The van der Waals surface area contributed by atoms with Gasteiger partial charge in [0.2, 0.25) is 0 Å². The van der Waals surface area contributed by atoms with Gasteiger partial charge in [0.05, 0.1) is 0 Å². The minimum Gasteiger partial charge on any atom is -0.300 e. The van der Waals surface area contributed by atoms with E-state index in [-0.39, 0.29) is 5.78 Å². The molecule has 0 radical (unpaired) electrons. The Kier molecular flexibility index (Phi) is 24.0. The van der Waals surface area contributed by atoms with Crippen molar-refractivity contribution in [2.24, 2.45) is 11.8 Å². The lowest BCUT2D eigenvalue weighted by Gasteiger charge is -2.05. The highest BCUT2D eigenvalue weighted by atomic mass is 79.9. The summed E-state index contributed by atoms with van der Waals surface area (Å²) in [5.41, 5.74) is 1.29. The molecule has 0 amide bonds. The van der Waals surface area contributed by atoms with Gasteiger partial charge in [-0.15, -0.1) is 0 Å². The SMILES string of the molecule is CC(C)=O.CC(C)C.CCCC(C)CCC.Cc1cccc(Br)c1. The Balaban J connectivity index is -0.000000260. The van der Waals surface area contributed by atoms with Crippen LogP contribution in [0.5, 0.6) is 0 Å². The van der Waals surface area contributed by atoms with Gasteiger partial charge in [0.25, 0.3) is 0 Å². The molecule has 0 aromatic heterocycles. The van der Waals surface area contributed by atoms with Crippen LogP contribution < -0.4 is 0 Å². The molecule has 142 valence electrons. The van der Waals surface area contributed by atoms with Crippen molar-refractivity contribution in [3.8, 4) is 0 Å². The fraction of sp³-hybridized carbons (Fsp3) is 0.682. The highest BCUT2D eigenvalue weighted by molar-refractivity contribution is 9.10. The molecule has 24 heavy (non-hydrogen) atoms. The van der Waals surface area contributed by atoms with Gasteiger partial charge in [0, 0.05) is 4.47 Å². The molecule has 1 aromatic carbocycles. The maximum Gasteiger partial charge on any atom is 0.126 e. The van der Waals surface area contributed by atoms with Crippen LogP contribution in [-0.2, 0) is 4.79 Å². The van der Waals surface area contributed by atoms with Crippen LogP contribution in [0.1, 0.15) is 86.6 Å². The van der Waals surface area contributed by atoms with Crippen molar-refractivity contribution in [1.82, 2.24) is 0 Å². The number of carbonyl (C=O) groups excluding carboxylic acids is 1. The molecule has 0 saturated heterocycles. The number of rotatable bonds is 4. The predicted octanol–water partition coefficient (Wildman–Crippen LogP) is 8.24. The minimum atomic E-state index is 0.167. The third-order valence-corrected chi connectivity index (χ3v) is 3.04. The molecule has 0 saturated carbocycles. The van der Waals surface area contributed by atoms with E-state index in [0.717, 1.165) is 16.3 Å². The molecule has 0 aliphatic carbocycles. The lowest BCUT2D eigenvalue weighted by molar-refractivity contribution is -0.114. The number of benzene rings is 1. The van der Waals surface area contributed by atoms with E-state index >= 15 is 0 Å². The van der Waals surface area contributed by atoms with Crippen LogP contribution in [0.15, 0.2) is 28.7 Å². The summed E-state index contributed by atoms with van der Waals surface area (Å²) in [5, 5.41) is 0. The first-order valence-electron chi connectivity index (χ1n) is 9.25. The van der Waals surface area contributed by atoms with E-state index < -0.39 is 0 Å². The molecule has 0 aliphatic heterocycles. The van der Waals surface area contributed by atoms with Gasteiger partial charge in [-0.3, -0.25) is 0 Å². The number of aryl methyl sites for hydroxylation is 1.